The Labute approximate surface area is 158 Å². The molecule has 5 heteroatoms. The van der Waals surface area contributed by atoms with Crippen molar-refractivity contribution < 1.29 is 19.6 Å². The third-order valence-electron chi connectivity index (χ3n) is 6.00. The molecule has 0 unspecified atom stereocenters. The first kappa shape index (κ1) is 21.0. The van der Waals surface area contributed by atoms with E-state index in [1.165, 1.54) is 5.69 Å². The van der Waals surface area contributed by atoms with E-state index in [0.717, 1.165) is 25.9 Å². The van der Waals surface area contributed by atoms with Gasteiger partial charge in [-0.3, -0.25) is 0 Å². The standard InChI is InChI=1S/C21H35NO4/c1-19(2,23)16-12-14-22(15-13-16)17-8-10-18(11-9-17)25-26-21(5,6)20(3,4)24-7/h8-11,16,23H,12-15H2,1-7H3. The van der Waals surface area contributed by atoms with Gasteiger partial charge in [-0.25, -0.2) is 0 Å². The molecule has 1 N–H and O–H groups in total. The van der Waals surface area contributed by atoms with Gasteiger partial charge in [0.15, 0.2) is 5.75 Å². The smallest absolute Gasteiger partial charge is 0.165 e. The van der Waals surface area contributed by atoms with Gasteiger partial charge >= 0.3 is 0 Å². The highest BCUT2D eigenvalue weighted by molar-refractivity contribution is 5.49. The van der Waals surface area contributed by atoms with E-state index in [0.29, 0.717) is 11.7 Å². The molecule has 1 aromatic rings. The summed E-state index contributed by atoms with van der Waals surface area (Å²) in [6.07, 6.45) is 2.01. The molecule has 1 aromatic carbocycles. The van der Waals surface area contributed by atoms with Crippen molar-refractivity contribution in [3.63, 3.8) is 0 Å². The number of hydrogen-bond acceptors (Lipinski definition) is 5. The van der Waals surface area contributed by atoms with Crippen LogP contribution in [0, 0.1) is 5.92 Å². The van der Waals surface area contributed by atoms with E-state index in [4.69, 9.17) is 14.5 Å². The quantitative estimate of drug-likeness (QED) is 0.580. The van der Waals surface area contributed by atoms with Crippen molar-refractivity contribution in [2.45, 2.75) is 71.2 Å². The zero-order valence-corrected chi connectivity index (χ0v) is 17.3. The summed E-state index contributed by atoms with van der Waals surface area (Å²) < 4.78 is 5.49. The van der Waals surface area contributed by atoms with Gasteiger partial charge < -0.3 is 19.6 Å². The largest absolute Gasteiger partial charge is 0.390 e. The van der Waals surface area contributed by atoms with E-state index in [1.54, 1.807) is 7.11 Å². The van der Waals surface area contributed by atoms with Crippen molar-refractivity contribution in [1.82, 2.24) is 0 Å². The lowest BCUT2D eigenvalue weighted by Gasteiger charge is -2.39. The van der Waals surface area contributed by atoms with E-state index < -0.39 is 16.8 Å². The molecule has 1 aliphatic heterocycles. The fourth-order valence-electron chi connectivity index (χ4n) is 3.06. The lowest BCUT2D eigenvalue weighted by Crippen LogP contribution is -2.49. The zero-order valence-electron chi connectivity index (χ0n) is 17.3. The van der Waals surface area contributed by atoms with Gasteiger partial charge in [-0.2, -0.15) is 4.89 Å². The highest BCUT2D eigenvalue weighted by atomic mass is 17.2. The molecular formula is C21H35NO4. The Morgan fingerprint density at radius 1 is 0.923 bits per heavy atom. The van der Waals surface area contributed by atoms with Gasteiger partial charge in [-0.1, -0.05) is 0 Å². The number of anilines is 1. The van der Waals surface area contributed by atoms with Gasteiger partial charge in [0.05, 0.1) is 11.2 Å². The molecule has 1 aliphatic rings. The van der Waals surface area contributed by atoms with E-state index >= 15 is 0 Å². The van der Waals surface area contributed by atoms with Crippen LogP contribution >= 0.6 is 0 Å². The molecule has 1 heterocycles. The second kappa shape index (κ2) is 7.75. The van der Waals surface area contributed by atoms with Crippen LogP contribution in [0.5, 0.6) is 5.75 Å². The normalized spacial score (nSPS) is 17.5. The van der Waals surface area contributed by atoms with Crippen LogP contribution in [0.1, 0.15) is 54.4 Å². The molecule has 5 nitrogen and oxygen atoms in total. The monoisotopic (exact) mass is 365 g/mol. The first-order chi connectivity index (χ1) is 12.0. The van der Waals surface area contributed by atoms with Crippen molar-refractivity contribution >= 4 is 5.69 Å². The molecule has 0 bridgehead atoms. The lowest BCUT2D eigenvalue weighted by molar-refractivity contribution is -0.324. The van der Waals surface area contributed by atoms with Crippen molar-refractivity contribution in [3.05, 3.63) is 24.3 Å². The van der Waals surface area contributed by atoms with Crippen LogP contribution in [0.4, 0.5) is 5.69 Å². The summed E-state index contributed by atoms with van der Waals surface area (Å²) in [5, 5.41) is 10.2. The number of nitrogens with zero attached hydrogens (tertiary/aromatic N) is 1. The molecule has 0 saturated carbocycles. The zero-order chi connectivity index (χ0) is 19.6. The highest BCUT2D eigenvalue weighted by Crippen LogP contribution is 2.32. The molecule has 148 valence electrons. The molecule has 0 radical (unpaired) electrons. The maximum absolute atomic E-state index is 10.2. The SMILES string of the molecule is COC(C)(C)C(C)(C)OOc1ccc(N2CCC(C(C)(C)O)CC2)cc1. The van der Waals surface area contributed by atoms with Gasteiger partial charge in [0.2, 0.25) is 0 Å². The number of methoxy groups -OCH3 is 1. The lowest BCUT2D eigenvalue weighted by atomic mass is 9.83. The predicted molar refractivity (Wildman–Crippen MR) is 105 cm³/mol. The minimum Gasteiger partial charge on any atom is -0.390 e. The van der Waals surface area contributed by atoms with Crippen LogP contribution < -0.4 is 9.79 Å². The summed E-state index contributed by atoms with van der Waals surface area (Å²) in [7, 11) is 1.67. The number of hydrogen-bond donors (Lipinski definition) is 1. The topological polar surface area (TPSA) is 51.2 Å². The van der Waals surface area contributed by atoms with E-state index in [1.807, 2.05) is 53.7 Å². The molecule has 1 fully saturated rings. The van der Waals surface area contributed by atoms with Crippen LogP contribution in [0.15, 0.2) is 24.3 Å². The first-order valence-corrected chi connectivity index (χ1v) is 9.44. The maximum atomic E-state index is 10.2. The minimum absolute atomic E-state index is 0.362. The first-order valence-electron chi connectivity index (χ1n) is 9.44. The Morgan fingerprint density at radius 2 is 1.46 bits per heavy atom. The van der Waals surface area contributed by atoms with Gasteiger partial charge in [0.25, 0.3) is 0 Å². The molecule has 0 amide bonds. The van der Waals surface area contributed by atoms with Gasteiger partial charge in [-0.15, -0.1) is 0 Å². The second-order valence-corrected chi connectivity index (χ2v) is 8.80. The molecule has 1 saturated heterocycles. The van der Waals surface area contributed by atoms with Gasteiger partial charge in [-0.05, 0) is 84.6 Å². The fourth-order valence-corrected chi connectivity index (χ4v) is 3.06. The predicted octanol–water partition coefficient (Wildman–Crippen LogP) is 4.19. The molecule has 26 heavy (non-hydrogen) atoms. The van der Waals surface area contributed by atoms with E-state index in [-0.39, 0.29) is 0 Å². The van der Waals surface area contributed by atoms with Crippen molar-refractivity contribution in [1.29, 1.82) is 0 Å². The second-order valence-electron chi connectivity index (χ2n) is 8.80. The van der Waals surface area contributed by atoms with Crippen molar-refractivity contribution in [2.75, 3.05) is 25.1 Å². The Hall–Kier alpha value is -1.30. The summed E-state index contributed by atoms with van der Waals surface area (Å²) in [5.74, 6) is 1.03. The number of rotatable bonds is 7. The Bertz CT molecular complexity index is 567. The average molecular weight is 366 g/mol. The fraction of sp³-hybridized carbons (Fsp3) is 0.714. The summed E-state index contributed by atoms with van der Waals surface area (Å²) in [4.78, 5) is 13.5. The van der Waals surface area contributed by atoms with Gasteiger partial charge in [0.1, 0.15) is 5.60 Å². The van der Waals surface area contributed by atoms with Crippen LogP contribution in [-0.4, -0.2) is 42.1 Å². The maximum Gasteiger partial charge on any atom is 0.165 e. The van der Waals surface area contributed by atoms with Crippen LogP contribution in [0.25, 0.3) is 0 Å². The molecule has 0 spiro atoms. The Kier molecular flexibility index (Phi) is 6.26. The van der Waals surface area contributed by atoms with Crippen molar-refractivity contribution in [2.24, 2.45) is 5.92 Å². The average Bonchev–Trinajstić information content (AvgIpc) is 2.59. The Morgan fingerprint density at radius 3 is 1.92 bits per heavy atom. The number of piperidine rings is 1. The molecular weight excluding hydrogens is 330 g/mol. The molecule has 2 rings (SSSR count). The van der Waals surface area contributed by atoms with Crippen LogP contribution in [0.2, 0.25) is 0 Å². The number of ether oxygens (including phenoxy) is 1. The van der Waals surface area contributed by atoms with Crippen molar-refractivity contribution in [3.8, 4) is 5.75 Å². The third-order valence-corrected chi connectivity index (χ3v) is 6.00. The van der Waals surface area contributed by atoms with Crippen LogP contribution in [0.3, 0.4) is 0 Å². The third kappa shape index (κ3) is 4.90. The van der Waals surface area contributed by atoms with E-state index in [2.05, 4.69) is 17.0 Å². The van der Waals surface area contributed by atoms with E-state index in [9.17, 15) is 5.11 Å². The minimum atomic E-state index is -0.598. The van der Waals surface area contributed by atoms with Gasteiger partial charge in [0, 0.05) is 25.9 Å². The number of benzene rings is 1. The number of aliphatic hydroxyl groups is 1. The molecule has 0 aromatic heterocycles. The summed E-state index contributed by atoms with van der Waals surface area (Å²) >= 11 is 0. The summed E-state index contributed by atoms with van der Waals surface area (Å²) in [6.45, 7) is 13.6. The summed E-state index contributed by atoms with van der Waals surface area (Å²) in [5.41, 5.74) is -0.496. The van der Waals surface area contributed by atoms with Crippen LogP contribution in [-0.2, 0) is 9.62 Å². The highest BCUT2D eigenvalue weighted by Gasteiger charge is 2.40. The molecule has 0 atom stereocenters. The molecule has 0 aliphatic carbocycles. The summed E-state index contributed by atoms with van der Waals surface area (Å²) in [6, 6.07) is 7.95. The Balaban J connectivity index is 1.91.